The summed E-state index contributed by atoms with van der Waals surface area (Å²) < 4.78 is 13.3. The van der Waals surface area contributed by atoms with Gasteiger partial charge in [-0.2, -0.15) is 0 Å². The van der Waals surface area contributed by atoms with Gasteiger partial charge >= 0.3 is 23.9 Å². The number of aromatic hydroxyl groups is 2. The number of rotatable bonds is 8. The van der Waals surface area contributed by atoms with E-state index in [1.165, 1.54) is 57.7 Å². The maximum Gasteiger partial charge on any atom is 0.343 e. The molecule has 0 radical (unpaired) electrons. The number of hydrogen-bond donors (Lipinski definition) is 4. The lowest BCUT2D eigenvalue weighted by atomic mass is 9.90. The molecule has 2 aromatic carbocycles. The molecule has 216 valence electrons. The van der Waals surface area contributed by atoms with Crippen LogP contribution in [0.3, 0.4) is 0 Å². The molecule has 2 heterocycles. The molecule has 4 N–H and O–H groups in total. The summed E-state index contributed by atoms with van der Waals surface area (Å²) in [6, 6.07) is 11.3. The number of carbonyl (C=O) groups is 4. The Morgan fingerprint density at radius 1 is 0.643 bits per heavy atom. The number of ether oxygens (including phenoxy) is 2. The van der Waals surface area contributed by atoms with Gasteiger partial charge in [0.05, 0.1) is 24.3 Å². The van der Waals surface area contributed by atoms with Gasteiger partial charge in [0.1, 0.15) is 11.1 Å². The molecule has 12 nitrogen and oxygen atoms in total. The van der Waals surface area contributed by atoms with Crippen molar-refractivity contribution < 1.29 is 49.1 Å². The van der Waals surface area contributed by atoms with Crippen molar-refractivity contribution in [1.29, 1.82) is 0 Å². The Morgan fingerprint density at radius 2 is 0.976 bits per heavy atom. The van der Waals surface area contributed by atoms with Crippen molar-refractivity contribution in [3.05, 3.63) is 93.3 Å². The number of fused-ring (bicyclic) bond motifs is 2. The molecule has 42 heavy (non-hydrogen) atoms. The average molecular weight is 575 g/mol. The lowest BCUT2D eigenvalue weighted by Crippen LogP contribution is -2.16. The third kappa shape index (κ3) is 4.52. The molecule has 1 aliphatic rings. The number of nitrogens with zero attached hydrogens (tertiary/aromatic N) is 2. The molecule has 0 aliphatic heterocycles. The molecule has 2 aromatic heterocycles. The van der Waals surface area contributed by atoms with Gasteiger partial charge in [-0.05, 0) is 73.5 Å². The predicted molar refractivity (Wildman–Crippen MR) is 146 cm³/mol. The number of aromatic nitrogens is 2. The summed E-state index contributed by atoms with van der Waals surface area (Å²) in [7, 11) is 0. The molecular formula is C30H26N2O10. The molecule has 4 aromatic rings. The quantitative estimate of drug-likeness (QED) is 0.199. The highest BCUT2D eigenvalue weighted by molar-refractivity contribution is 5.97. The number of hydrogen-bond acceptors (Lipinski definition) is 8. The Bertz CT molecular complexity index is 1610. The van der Waals surface area contributed by atoms with Crippen molar-refractivity contribution in [1.82, 2.24) is 9.13 Å². The second-order valence-electron chi connectivity index (χ2n) is 9.42. The van der Waals surface area contributed by atoms with Crippen LogP contribution in [-0.2, 0) is 22.3 Å². The minimum absolute atomic E-state index is 0.0210. The van der Waals surface area contributed by atoms with Crippen molar-refractivity contribution in [3.63, 3.8) is 0 Å². The highest BCUT2D eigenvalue weighted by atomic mass is 16.5. The van der Waals surface area contributed by atoms with Gasteiger partial charge in [0.2, 0.25) is 11.8 Å². The molecule has 0 bridgehead atoms. The van der Waals surface area contributed by atoms with E-state index in [-0.39, 0.29) is 48.3 Å². The number of aromatic carboxylic acids is 2. The monoisotopic (exact) mass is 574 g/mol. The molecule has 0 fully saturated rings. The summed E-state index contributed by atoms with van der Waals surface area (Å²) in [6.45, 7) is 3.32. The van der Waals surface area contributed by atoms with E-state index in [4.69, 9.17) is 9.47 Å². The zero-order chi connectivity index (χ0) is 30.3. The van der Waals surface area contributed by atoms with Crippen molar-refractivity contribution in [2.75, 3.05) is 13.2 Å². The van der Waals surface area contributed by atoms with Gasteiger partial charge in [-0.1, -0.05) is 0 Å². The fourth-order valence-corrected chi connectivity index (χ4v) is 5.29. The van der Waals surface area contributed by atoms with Crippen LogP contribution in [0.5, 0.6) is 11.8 Å². The van der Waals surface area contributed by atoms with Gasteiger partial charge in [0.25, 0.3) is 0 Å². The minimum atomic E-state index is -1.13. The normalized spacial score (nSPS) is 11.9. The van der Waals surface area contributed by atoms with Crippen molar-refractivity contribution in [3.8, 4) is 23.1 Å². The van der Waals surface area contributed by atoms with E-state index in [1.54, 1.807) is 13.8 Å². The standard InChI is InChI=1S/C30H26N2O10/c1-3-41-29(39)23-19-13-22-20(14-21(19)31(25(23)33)17-9-5-15(6-10-17)27(35)36)24(30(40)42-4-2)26(34)32(22)18-11-7-16(8-12-18)28(37)38/h5-12,33-34H,3-4,13-14H2,1-2H3,(H,35,36)(H,37,38). The first kappa shape index (κ1) is 28.0. The molecule has 0 spiro atoms. The van der Waals surface area contributed by atoms with E-state index in [1.807, 2.05) is 0 Å². The minimum Gasteiger partial charge on any atom is -0.494 e. The van der Waals surface area contributed by atoms with E-state index in [9.17, 15) is 39.6 Å². The van der Waals surface area contributed by atoms with E-state index in [2.05, 4.69) is 0 Å². The van der Waals surface area contributed by atoms with Gasteiger partial charge in [-0.25, -0.2) is 19.2 Å². The summed E-state index contributed by atoms with van der Waals surface area (Å²) in [5.74, 6) is -4.69. The Labute approximate surface area is 238 Å². The first-order valence-corrected chi connectivity index (χ1v) is 13.0. The van der Waals surface area contributed by atoms with E-state index < -0.39 is 35.6 Å². The van der Waals surface area contributed by atoms with Crippen molar-refractivity contribution >= 4 is 23.9 Å². The molecule has 0 atom stereocenters. The van der Waals surface area contributed by atoms with Gasteiger partial charge < -0.3 is 29.9 Å². The third-order valence-electron chi connectivity index (χ3n) is 7.10. The predicted octanol–water partition coefficient (Wildman–Crippen LogP) is 3.92. The number of carboxylic acids is 2. The largest absolute Gasteiger partial charge is 0.494 e. The van der Waals surface area contributed by atoms with E-state index in [0.717, 1.165) is 0 Å². The smallest absolute Gasteiger partial charge is 0.343 e. The summed E-state index contributed by atoms with van der Waals surface area (Å²) in [5.41, 5.74) is 2.17. The molecular weight excluding hydrogens is 548 g/mol. The molecule has 0 saturated carbocycles. The fourth-order valence-electron chi connectivity index (χ4n) is 5.29. The van der Waals surface area contributed by atoms with Gasteiger partial charge in [0.15, 0.2) is 0 Å². The van der Waals surface area contributed by atoms with Gasteiger partial charge in [0, 0.05) is 35.6 Å². The number of benzene rings is 2. The van der Waals surface area contributed by atoms with Crippen molar-refractivity contribution in [2.45, 2.75) is 26.7 Å². The third-order valence-corrected chi connectivity index (χ3v) is 7.10. The van der Waals surface area contributed by atoms with Crippen LogP contribution < -0.4 is 0 Å². The van der Waals surface area contributed by atoms with Crippen molar-refractivity contribution in [2.24, 2.45) is 0 Å². The van der Waals surface area contributed by atoms with Gasteiger partial charge in [-0.3, -0.25) is 9.13 Å². The average Bonchev–Trinajstić information content (AvgIpc) is 3.40. The zero-order valence-electron chi connectivity index (χ0n) is 22.6. The Hall–Kier alpha value is -5.52. The topological polar surface area (TPSA) is 178 Å². The summed E-state index contributed by atoms with van der Waals surface area (Å²) in [4.78, 5) is 49.0. The first-order valence-electron chi connectivity index (χ1n) is 13.0. The van der Waals surface area contributed by atoms with Crippen LogP contribution in [0, 0.1) is 0 Å². The van der Waals surface area contributed by atoms with Crippen LogP contribution in [0.25, 0.3) is 11.4 Å². The second kappa shape index (κ2) is 10.8. The molecule has 0 amide bonds. The molecule has 0 saturated heterocycles. The summed E-state index contributed by atoms with van der Waals surface area (Å²) >= 11 is 0. The van der Waals surface area contributed by atoms with Gasteiger partial charge in [-0.15, -0.1) is 0 Å². The van der Waals surface area contributed by atoms with E-state index >= 15 is 0 Å². The van der Waals surface area contributed by atoms with Crippen LogP contribution in [-0.4, -0.2) is 66.7 Å². The Balaban J connectivity index is 1.75. The highest BCUT2D eigenvalue weighted by Crippen LogP contribution is 2.44. The molecule has 1 aliphatic carbocycles. The SMILES string of the molecule is CCOC(=O)c1c2c(n(-c3ccc(C(=O)O)cc3)c1O)Cc1c(C(=O)OCC)c(O)n(-c3ccc(C(=O)O)cc3)c1C2. The van der Waals surface area contributed by atoms with Crippen LogP contribution in [0.2, 0.25) is 0 Å². The van der Waals surface area contributed by atoms with Crippen LogP contribution in [0.4, 0.5) is 0 Å². The molecule has 5 rings (SSSR count). The Morgan fingerprint density at radius 3 is 1.26 bits per heavy atom. The first-order chi connectivity index (χ1) is 20.1. The number of esters is 2. The van der Waals surface area contributed by atoms with E-state index in [0.29, 0.717) is 33.9 Å². The molecule has 0 unspecified atom stereocenters. The lowest BCUT2D eigenvalue weighted by Gasteiger charge is -2.20. The maximum atomic E-state index is 13.1. The highest BCUT2D eigenvalue weighted by Gasteiger charge is 2.38. The fraction of sp³-hybridized carbons (Fsp3) is 0.200. The number of carboxylic acid groups (broad SMARTS) is 2. The van der Waals surface area contributed by atoms with Crippen LogP contribution >= 0.6 is 0 Å². The molecule has 12 heteroatoms. The van der Waals surface area contributed by atoms with Crippen LogP contribution in [0.15, 0.2) is 48.5 Å². The van der Waals surface area contributed by atoms with Crippen LogP contribution in [0.1, 0.15) is 77.8 Å². The zero-order valence-corrected chi connectivity index (χ0v) is 22.6. The summed E-state index contributed by atoms with van der Waals surface area (Å²) in [5, 5.41) is 41.3. The Kier molecular flexibility index (Phi) is 7.21. The summed E-state index contributed by atoms with van der Waals surface area (Å²) in [6.07, 6.45) is -0.0551. The number of carbonyl (C=O) groups excluding carboxylic acids is 2. The second-order valence-corrected chi connectivity index (χ2v) is 9.42. The maximum absolute atomic E-state index is 13.1. The lowest BCUT2D eigenvalue weighted by molar-refractivity contribution is 0.0511.